The minimum absolute atomic E-state index is 0.167. The van der Waals surface area contributed by atoms with Gasteiger partial charge in [-0.1, -0.05) is 0 Å². The maximum atomic E-state index is 13.1. The van der Waals surface area contributed by atoms with Gasteiger partial charge in [-0.25, -0.2) is 0 Å². The monoisotopic (exact) mass is 516 g/mol. The lowest BCUT2D eigenvalue weighted by Crippen LogP contribution is -2.83. The number of carbonyl (C=O) groups is 3. The Balaban J connectivity index is 1.10. The number of aromatic nitrogens is 1. The summed E-state index contributed by atoms with van der Waals surface area (Å²) >= 11 is 0. The summed E-state index contributed by atoms with van der Waals surface area (Å²) in [6.07, 6.45) is 5.56. The van der Waals surface area contributed by atoms with Gasteiger partial charge in [0.2, 0.25) is 18.2 Å². The van der Waals surface area contributed by atoms with Gasteiger partial charge in [0.15, 0.2) is 11.5 Å². The first kappa shape index (κ1) is 24.0. The first-order valence-electron chi connectivity index (χ1n) is 12.5. The van der Waals surface area contributed by atoms with E-state index < -0.39 is 5.41 Å². The van der Waals surface area contributed by atoms with Gasteiger partial charge < -0.3 is 30.2 Å². The molecule has 2 aromatic carbocycles. The number of nitrogens with zero attached hydrogens (tertiary/aromatic N) is 1. The first-order valence-corrected chi connectivity index (χ1v) is 12.5. The topological polar surface area (TPSA) is 128 Å². The molecule has 0 atom stereocenters. The summed E-state index contributed by atoms with van der Waals surface area (Å²) in [4.78, 5) is 41.2. The van der Waals surface area contributed by atoms with E-state index >= 15 is 0 Å². The van der Waals surface area contributed by atoms with Crippen molar-refractivity contribution in [3.63, 3.8) is 0 Å². The summed E-state index contributed by atoms with van der Waals surface area (Å²) in [6, 6.07) is 12.4. The van der Waals surface area contributed by atoms with Crippen LogP contribution in [0.15, 0.2) is 48.7 Å². The molecule has 38 heavy (non-hydrogen) atoms. The van der Waals surface area contributed by atoms with Crippen molar-refractivity contribution in [2.45, 2.75) is 43.2 Å². The second-order valence-corrected chi connectivity index (χ2v) is 10.5. The number of nitrogens with one attached hydrogen (secondary N) is 3. The molecule has 4 aliphatic carbocycles. The van der Waals surface area contributed by atoms with Crippen LogP contribution in [0.4, 0.5) is 5.69 Å². The summed E-state index contributed by atoms with van der Waals surface area (Å²) in [5, 5.41) is 9.56. The van der Waals surface area contributed by atoms with Crippen LogP contribution in [0.5, 0.6) is 23.0 Å². The van der Waals surface area contributed by atoms with Gasteiger partial charge >= 0.3 is 0 Å². The van der Waals surface area contributed by atoms with Crippen molar-refractivity contribution in [1.82, 2.24) is 15.6 Å². The molecular formula is C28H28N4O6. The summed E-state index contributed by atoms with van der Waals surface area (Å²) in [7, 11) is 3.14. The number of benzene rings is 2. The molecule has 4 aliphatic rings. The minimum Gasteiger partial charge on any atom is -0.493 e. The molecule has 0 unspecified atom stereocenters. The molecule has 0 radical (unpaired) electrons. The molecule has 0 spiro atoms. The highest BCUT2D eigenvalue weighted by atomic mass is 16.5. The Morgan fingerprint density at radius 3 is 2.21 bits per heavy atom. The van der Waals surface area contributed by atoms with Crippen molar-refractivity contribution in [3.8, 4) is 23.0 Å². The highest BCUT2D eigenvalue weighted by Crippen LogP contribution is 2.61. The molecule has 196 valence electrons. The Morgan fingerprint density at radius 1 is 0.895 bits per heavy atom. The fraction of sp³-hybridized carbons (Fsp3) is 0.357. The average Bonchev–Trinajstić information content (AvgIpc) is 3.69. The van der Waals surface area contributed by atoms with E-state index in [1.807, 2.05) is 6.07 Å². The SMILES string of the molecule is COc1cc2nccc(Oc3ccc(NC(=O)C4(C(=O)NC56CC(NC=O)(C5)C6)CC4)cc3)c2cc1OC. The summed E-state index contributed by atoms with van der Waals surface area (Å²) in [5.41, 5.74) is -0.211. The second kappa shape index (κ2) is 8.61. The van der Waals surface area contributed by atoms with Gasteiger partial charge in [0, 0.05) is 34.4 Å². The standard InChI is InChI=1S/C28H28N4O6/c1-36-22-11-19-20(12-23(22)37-2)29-10-7-21(19)38-18-5-3-17(4-6-18)31-24(34)28(8-9-28)25(35)32-27-13-26(14-27,15-27)30-16-33/h3-7,10-12,16H,8-9,13-15H2,1-2H3,(H,30,33)(H,31,34)(H,32,35). The predicted molar refractivity (Wildman–Crippen MR) is 138 cm³/mol. The molecule has 10 nitrogen and oxygen atoms in total. The average molecular weight is 517 g/mol. The third-order valence-corrected chi connectivity index (χ3v) is 7.94. The third-order valence-electron chi connectivity index (χ3n) is 7.94. The number of carbonyl (C=O) groups excluding carboxylic acids is 3. The highest BCUT2D eigenvalue weighted by Gasteiger charge is 2.70. The number of rotatable bonds is 10. The van der Waals surface area contributed by atoms with Gasteiger partial charge in [-0.05, 0) is 68.5 Å². The van der Waals surface area contributed by atoms with E-state index in [1.165, 1.54) is 0 Å². The molecule has 7 rings (SSSR count). The molecule has 4 saturated carbocycles. The van der Waals surface area contributed by atoms with Crippen molar-refractivity contribution < 1.29 is 28.6 Å². The third kappa shape index (κ3) is 3.87. The number of methoxy groups -OCH3 is 2. The van der Waals surface area contributed by atoms with Gasteiger partial charge in [-0.15, -0.1) is 0 Å². The van der Waals surface area contributed by atoms with Gasteiger partial charge in [0.1, 0.15) is 16.9 Å². The molecule has 3 amide bonds. The maximum absolute atomic E-state index is 13.1. The number of pyridine rings is 1. The van der Waals surface area contributed by atoms with Crippen LogP contribution in [0.3, 0.4) is 0 Å². The summed E-state index contributed by atoms with van der Waals surface area (Å²) in [6.45, 7) is 0. The van der Waals surface area contributed by atoms with Crippen molar-refractivity contribution in [2.75, 3.05) is 19.5 Å². The number of hydrogen-bond donors (Lipinski definition) is 3. The normalized spacial score (nSPS) is 23.7. The molecule has 2 bridgehead atoms. The summed E-state index contributed by atoms with van der Waals surface area (Å²) in [5.74, 6) is 1.78. The van der Waals surface area contributed by atoms with E-state index in [2.05, 4.69) is 20.9 Å². The van der Waals surface area contributed by atoms with Gasteiger partial charge in [-0.3, -0.25) is 19.4 Å². The molecule has 10 heteroatoms. The van der Waals surface area contributed by atoms with Gasteiger partial charge in [0.05, 0.1) is 19.7 Å². The Bertz CT molecular complexity index is 1430. The molecular weight excluding hydrogens is 488 g/mol. The summed E-state index contributed by atoms with van der Waals surface area (Å²) < 4.78 is 16.9. The molecule has 3 aromatic rings. The molecule has 3 N–H and O–H groups in total. The van der Waals surface area contributed by atoms with Crippen LogP contribution in [0, 0.1) is 5.41 Å². The van der Waals surface area contributed by atoms with Crippen LogP contribution in [0.2, 0.25) is 0 Å². The first-order chi connectivity index (χ1) is 18.3. The highest BCUT2D eigenvalue weighted by molar-refractivity contribution is 6.13. The molecule has 4 fully saturated rings. The fourth-order valence-corrected chi connectivity index (χ4v) is 5.76. The van der Waals surface area contributed by atoms with E-state index in [-0.39, 0.29) is 22.9 Å². The number of anilines is 1. The number of amides is 3. The van der Waals surface area contributed by atoms with E-state index in [4.69, 9.17) is 14.2 Å². The maximum Gasteiger partial charge on any atom is 0.240 e. The van der Waals surface area contributed by atoms with Crippen LogP contribution in [0.1, 0.15) is 32.1 Å². The van der Waals surface area contributed by atoms with Crippen LogP contribution < -0.4 is 30.2 Å². The zero-order chi connectivity index (χ0) is 26.5. The van der Waals surface area contributed by atoms with Crippen LogP contribution in [-0.4, -0.2) is 48.5 Å². The number of ether oxygens (including phenoxy) is 3. The lowest BCUT2D eigenvalue weighted by atomic mass is 9.44. The van der Waals surface area contributed by atoms with Crippen LogP contribution in [0.25, 0.3) is 10.9 Å². The van der Waals surface area contributed by atoms with Crippen molar-refractivity contribution in [3.05, 3.63) is 48.7 Å². The number of hydrogen-bond acceptors (Lipinski definition) is 7. The predicted octanol–water partition coefficient (Wildman–Crippen LogP) is 3.30. The van der Waals surface area contributed by atoms with E-state index in [1.54, 1.807) is 56.8 Å². The van der Waals surface area contributed by atoms with Crippen molar-refractivity contribution >= 4 is 34.8 Å². The zero-order valence-corrected chi connectivity index (χ0v) is 21.1. The Labute approximate surface area is 219 Å². The lowest BCUT2D eigenvalue weighted by molar-refractivity contribution is -0.150. The minimum atomic E-state index is -1.04. The van der Waals surface area contributed by atoms with E-state index in [9.17, 15) is 14.4 Å². The van der Waals surface area contributed by atoms with Crippen LogP contribution in [-0.2, 0) is 14.4 Å². The second-order valence-electron chi connectivity index (χ2n) is 10.5. The van der Waals surface area contributed by atoms with Gasteiger partial charge in [-0.2, -0.15) is 0 Å². The molecule has 1 heterocycles. The van der Waals surface area contributed by atoms with E-state index in [0.29, 0.717) is 53.5 Å². The molecule has 0 saturated heterocycles. The Kier molecular flexibility index (Phi) is 5.44. The smallest absolute Gasteiger partial charge is 0.240 e. The number of fused-ring (bicyclic) bond motifs is 1. The fourth-order valence-electron chi connectivity index (χ4n) is 5.76. The van der Waals surface area contributed by atoms with Crippen LogP contribution >= 0.6 is 0 Å². The van der Waals surface area contributed by atoms with Gasteiger partial charge in [0.25, 0.3) is 0 Å². The van der Waals surface area contributed by atoms with Crippen molar-refractivity contribution in [1.29, 1.82) is 0 Å². The largest absolute Gasteiger partial charge is 0.493 e. The lowest BCUT2D eigenvalue weighted by Gasteiger charge is -2.70. The molecule has 1 aromatic heterocycles. The Hall–Kier alpha value is -4.34. The Morgan fingerprint density at radius 2 is 1.58 bits per heavy atom. The van der Waals surface area contributed by atoms with Crippen molar-refractivity contribution in [2.24, 2.45) is 5.41 Å². The van der Waals surface area contributed by atoms with E-state index in [0.717, 1.165) is 24.6 Å². The molecule has 0 aliphatic heterocycles. The zero-order valence-electron chi connectivity index (χ0n) is 21.1. The quantitative estimate of drug-likeness (QED) is 0.279.